The zero-order valence-corrected chi connectivity index (χ0v) is 19.7. The predicted molar refractivity (Wildman–Crippen MR) is 125 cm³/mol. The lowest BCUT2D eigenvalue weighted by Gasteiger charge is -2.12. The highest BCUT2D eigenvalue weighted by Crippen LogP contribution is 2.30. The first kappa shape index (κ1) is 26.2. The number of halogens is 6. The van der Waals surface area contributed by atoms with Crippen molar-refractivity contribution in [1.29, 1.82) is 0 Å². The number of hydrogen-bond donors (Lipinski definition) is 0. The van der Waals surface area contributed by atoms with Crippen LogP contribution in [0.5, 0.6) is 11.5 Å². The Hall–Kier alpha value is -3.82. The Bertz CT molecular complexity index is 1370. The van der Waals surface area contributed by atoms with Gasteiger partial charge in [-0.15, -0.1) is 13.2 Å². The Kier molecular flexibility index (Phi) is 7.85. The summed E-state index contributed by atoms with van der Waals surface area (Å²) in [5, 5.41) is 1.09. The fourth-order valence-electron chi connectivity index (χ4n) is 3.95. The van der Waals surface area contributed by atoms with Crippen molar-refractivity contribution in [2.45, 2.75) is 39.0 Å². The second-order valence-corrected chi connectivity index (χ2v) is 8.30. The summed E-state index contributed by atoms with van der Waals surface area (Å²) in [6.07, 6.45) is -0.621. The number of aromatic nitrogens is 2. The van der Waals surface area contributed by atoms with Gasteiger partial charge in [0.2, 0.25) is 5.75 Å². The largest absolute Gasteiger partial charge is 0.573 e. The summed E-state index contributed by atoms with van der Waals surface area (Å²) in [6.45, 7) is 2.41. The average molecular weight is 520 g/mol. The average Bonchev–Trinajstić information content (AvgIpc) is 2.85. The van der Waals surface area contributed by atoms with Crippen molar-refractivity contribution in [3.05, 3.63) is 94.8 Å². The van der Waals surface area contributed by atoms with Crippen LogP contribution in [0, 0.1) is 17.5 Å². The quantitative estimate of drug-likeness (QED) is 0.225. The highest BCUT2D eigenvalue weighted by molar-refractivity contribution is 5.84. The number of alkyl halides is 3. The molecule has 0 atom stereocenters. The lowest BCUT2D eigenvalue weighted by Crippen LogP contribution is -2.19. The van der Waals surface area contributed by atoms with Crippen LogP contribution < -0.4 is 9.47 Å². The number of rotatable bonds is 9. The van der Waals surface area contributed by atoms with Crippen LogP contribution in [0.1, 0.15) is 29.4 Å². The molecule has 0 unspecified atom stereocenters. The maximum Gasteiger partial charge on any atom is 0.573 e. The highest BCUT2D eigenvalue weighted by atomic mass is 19.4. The van der Waals surface area contributed by atoms with Crippen molar-refractivity contribution in [3.63, 3.8) is 0 Å². The first-order chi connectivity index (χ1) is 17.6. The molecule has 0 saturated carbocycles. The standard InChI is InChI=1S/C27H22F6N2O2/c1-2-36-20-14-34-24(35-15-20)10-5-16-4-9-21-19(11-16)8-7-18(25(21)30)6-3-17-12-22(28)26(23(29)13-17)37-27(31,32)33/h4,7-9,11-15H,2-3,5-6,10H2,1H3. The molecule has 4 rings (SSSR count). The van der Waals surface area contributed by atoms with Gasteiger partial charge in [0, 0.05) is 11.8 Å². The summed E-state index contributed by atoms with van der Waals surface area (Å²) >= 11 is 0. The molecule has 0 N–H and O–H groups in total. The molecule has 0 spiro atoms. The van der Waals surface area contributed by atoms with Crippen molar-refractivity contribution in [2.75, 3.05) is 6.61 Å². The molecule has 0 aliphatic heterocycles. The Morgan fingerprint density at radius 1 is 0.784 bits per heavy atom. The SMILES string of the molecule is CCOc1cnc(CCc2ccc3c(F)c(CCc4cc(F)c(OC(F)(F)F)c(F)c4)ccc3c2)nc1. The molecule has 0 aliphatic carbocycles. The minimum absolute atomic E-state index is 0.0166. The molecule has 0 fully saturated rings. The number of ether oxygens (including phenoxy) is 2. The van der Waals surface area contributed by atoms with Gasteiger partial charge in [0.25, 0.3) is 0 Å². The third-order valence-corrected chi connectivity index (χ3v) is 5.69. The maximum atomic E-state index is 15.1. The number of fused-ring (bicyclic) bond motifs is 1. The van der Waals surface area contributed by atoms with E-state index in [4.69, 9.17) is 4.74 Å². The van der Waals surface area contributed by atoms with Crippen molar-refractivity contribution >= 4 is 10.8 Å². The Balaban J connectivity index is 1.43. The number of benzene rings is 3. The van der Waals surface area contributed by atoms with Gasteiger partial charge in [-0.3, -0.25) is 0 Å². The summed E-state index contributed by atoms with van der Waals surface area (Å²) in [6, 6.07) is 10.2. The minimum Gasteiger partial charge on any atom is -0.491 e. The van der Waals surface area contributed by atoms with Crippen LogP contribution in [0.4, 0.5) is 26.3 Å². The fourth-order valence-corrected chi connectivity index (χ4v) is 3.95. The van der Waals surface area contributed by atoms with E-state index in [1.54, 1.807) is 30.6 Å². The van der Waals surface area contributed by atoms with Gasteiger partial charge in [0.05, 0.1) is 19.0 Å². The first-order valence-electron chi connectivity index (χ1n) is 11.5. The van der Waals surface area contributed by atoms with Gasteiger partial charge >= 0.3 is 6.36 Å². The summed E-state index contributed by atoms with van der Waals surface area (Å²) in [5.74, 6) is -3.67. The van der Waals surface area contributed by atoms with Crippen molar-refractivity contribution < 1.29 is 35.8 Å². The molecule has 4 nitrogen and oxygen atoms in total. The van der Waals surface area contributed by atoms with Crippen LogP contribution in [-0.4, -0.2) is 22.9 Å². The smallest absolute Gasteiger partial charge is 0.491 e. The first-order valence-corrected chi connectivity index (χ1v) is 11.5. The van der Waals surface area contributed by atoms with E-state index in [0.29, 0.717) is 47.4 Å². The third-order valence-electron chi connectivity index (χ3n) is 5.69. The van der Waals surface area contributed by atoms with Crippen LogP contribution in [0.25, 0.3) is 10.8 Å². The summed E-state index contributed by atoms with van der Waals surface area (Å²) < 4.78 is 88.7. The molecular formula is C27H22F6N2O2. The second kappa shape index (κ2) is 11.1. The van der Waals surface area contributed by atoms with Crippen LogP contribution in [0.3, 0.4) is 0 Å². The van der Waals surface area contributed by atoms with Gasteiger partial charge in [-0.2, -0.15) is 0 Å². The molecule has 1 heterocycles. The van der Waals surface area contributed by atoms with E-state index in [9.17, 15) is 22.0 Å². The molecule has 10 heteroatoms. The van der Waals surface area contributed by atoms with Crippen LogP contribution in [0.2, 0.25) is 0 Å². The minimum atomic E-state index is -5.22. The molecule has 0 saturated heterocycles. The highest BCUT2D eigenvalue weighted by Gasteiger charge is 2.34. The van der Waals surface area contributed by atoms with Crippen molar-refractivity contribution in [1.82, 2.24) is 9.97 Å². The lowest BCUT2D eigenvalue weighted by atomic mass is 9.98. The van der Waals surface area contributed by atoms with Gasteiger partial charge in [0.15, 0.2) is 17.4 Å². The zero-order chi connectivity index (χ0) is 26.6. The Labute approximate surface area is 208 Å². The molecule has 37 heavy (non-hydrogen) atoms. The maximum absolute atomic E-state index is 15.1. The Morgan fingerprint density at radius 3 is 2.11 bits per heavy atom. The third kappa shape index (κ3) is 6.69. The van der Waals surface area contributed by atoms with E-state index in [1.807, 2.05) is 19.1 Å². The normalized spacial score (nSPS) is 11.6. The molecule has 0 radical (unpaired) electrons. The van der Waals surface area contributed by atoms with Crippen LogP contribution >= 0.6 is 0 Å². The van der Waals surface area contributed by atoms with Gasteiger partial charge in [0.1, 0.15) is 11.6 Å². The van der Waals surface area contributed by atoms with E-state index >= 15 is 4.39 Å². The van der Waals surface area contributed by atoms with Crippen LogP contribution in [0.15, 0.2) is 54.9 Å². The fraction of sp³-hybridized carbons (Fsp3) is 0.259. The van der Waals surface area contributed by atoms with Gasteiger partial charge < -0.3 is 9.47 Å². The zero-order valence-electron chi connectivity index (χ0n) is 19.7. The monoisotopic (exact) mass is 520 g/mol. The number of hydrogen-bond acceptors (Lipinski definition) is 4. The van der Waals surface area contributed by atoms with E-state index in [2.05, 4.69) is 14.7 Å². The molecule has 194 valence electrons. The molecule has 4 aromatic rings. The molecule has 0 aliphatic rings. The van der Waals surface area contributed by atoms with Crippen molar-refractivity contribution in [2.24, 2.45) is 0 Å². The van der Waals surface area contributed by atoms with Gasteiger partial charge in [-0.1, -0.05) is 30.3 Å². The molecular weight excluding hydrogens is 498 g/mol. The summed E-state index contributed by atoms with van der Waals surface area (Å²) in [7, 11) is 0. The molecule has 0 amide bonds. The van der Waals surface area contributed by atoms with E-state index < -0.39 is 29.6 Å². The van der Waals surface area contributed by atoms with E-state index in [0.717, 1.165) is 17.7 Å². The van der Waals surface area contributed by atoms with E-state index in [1.165, 1.54) is 0 Å². The summed E-state index contributed by atoms with van der Waals surface area (Å²) in [5.41, 5.74) is 1.37. The predicted octanol–water partition coefficient (Wildman–Crippen LogP) is 6.91. The van der Waals surface area contributed by atoms with Crippen molar-refractivity contribution in [3.8, 4) is 11.5 Å². The van der Waals surface area contributed by atoms with Gasteiger partial charge in [-0.25, -0.2) is 23.1 Å². The molecule has 1 aromatic heterocycles. The Morgan fingerprint density at radius 2 is 1.46 bits per heavy atom. The van der Waals surface area contributed by atoms with E-state index in [-0.39, 0.29) is 18.4 Å². The lowest BCUT2D eigenvalue weighted by molar-refractivity contribution is -0.276. The second-order valence-electron chi connectivity index (χ2n) is 8.30. The topological polar surface area (TPSA) is 44.2 Å². The number of nitrogens with zero attached hydrogens (tertiary/aromatic N) is 2. The van der Waals surface area contributed by atoms with Gasteiger partial charge in [-0.05, 0) is 60.4 Å². The summed E-state index contributed by atoms with van der Waals surface area (Å²) in [4.78, 5) is 8.55. The molecule has 3 aromatic carbocycles. The number of aryl methyl sites for hydroxylation is 4. The van der Waals surface area contributed by atoms with Crippen LogP contribution in [-0.2, 0) is 25.7 Å². The molecule has 0 bridgehead atoms.